The molecule has 0 aliphatic heterocycles. The second-order valence-corrected chi connectivity index (χ2v) is 8.01. The van der Waals surface area contributed by atoms with Crippen LogP contribution in [0.25, 0.3) is 10.8 Å². The van der Waals surface area contributed by atoms with Gasteiger partial charge in [-0.1, -0.05) is 60.7 Å². The summed E-state index contributed by atoms with van der Waals surface area (Å²) < 4.78 is 25.6. The lowest BCUT2D eigenvalue weighted by molar-refractivity contribution is 0.594. The summed E-state index contributed by atoms with van der Waals surface area (Å²) in [5.41, 5.74) is 1.12. The maximum absolute atomic E-state index is 12.8. The summed E-state index contributed by atoms with van der Waals surface area (Å²) in [6.45, 7) is 0. The van der Waals surface area contributed by atoms with Crippen molar-refractivity contribution in [2.75, 3.05) is 0 Å². The standard InChI is InChI=1S/C19H16O2S/c20-22(21,19-13-18(19)15-7-2-1-3-8-15)17-11-10-14-6-4-5-9-16(14)12-17/h1-12,18-19H,13H2. The molecule has 2 atom stereocenters. The minimum absolute atomic E-state index is 0.137. The molecule has 1 fully saturated rings. The van der Waals surface area contributed by atoms with Crippen molar-refractivity contribution in [1.29, 1.82) is 0 Å². The zero-order valence-electron chi connectivity index (χ0n) is 12.0. The SMILES string of the molecule is O=S(=O)(c1ccc2ccccc2c1)C1CC1c1ccccc1. The van der Waals surface area contributed by atoms with Crippen LogP contribution in [0.15, 0.2) is 77.7 Å². The number of benzene rings is 3. The number of rotatable bonds is 3. The minimum Gasteiger partial charge on any atom is -0.223 e. The van der Waals surface area contributed by atoms with Crippen LogP contribution >= 0.6 is 0 Å². The molecule has 3 heteroatoms. The van der Waals surface area contributed by atoms with E-state index in [1.165, 1.54) is 0 Å². The lowest BCUT2D eigenvalue weighted by Gasteiger charge is -2.06. The summed E-state index contributed by atoms with van der Waals surface area (Å²) in [7, 11) is -3.25. The van der Waals surface area contributed by atoms with Crippen LogP contribution in [0.3, 0.4) is 0 Å². The number of hydrogen-bond donors (Lipinski definition) is 0. The van der Waals surface area contributed by atoms with Gasteiger partial charge in [0.15, 0.2) is 9.84 Å². The van der Waals surface area contributed by atoms with Crippen LogP contribution in [0.1, 0.15) is 17.9 Å². The Morgan fingerprint density at radius 1 is 0.773 bits per heavy atom. The summed E-state index contributed by atoms with van der Waals surface area (Å²) in [6, 6.07) is 23.2. The summed E-state index contributed by atoms with van der Waals surface area (Å²) in [5, 5.41) is 1.76. The van der Waals surface area contributed by atoms with Gasteiger partial charge in [0.2, 0.25) is 0 Å². The van der Waals surface area contributed by atoms with Crippen molar-refractivity contribution in [3.8, 4) is 0 Å². The van der Waals surface area contributed by atoms with Gasteiger partial charge in [0, 0.05) is 5.92 Å². The van der Waals surface area contributed by atoms with E-state index in [1.807, 2.05) is 60.7 Å². The summed E-state index contributed by atoms with van der Waals surface area (Å²) >= 11 is 0. The number of hydrogen-bond acceptors (Lipinski definition) is 2. The monoisotopic (exact) mass is 308 g/mol. The second kappa shape index (κ2) is 4.96. The predicted molar refractivity (Wildman–Crippen MR) is 88.7 cm³/mol. The van der Waals surface area contributed by atoms with E-state index < -0.39 is 9.84 Å². The fourth-order valence-corrected chi connectivity index (χ4v) is 5.03. The van der Waals surface area contributed by atoms with Crippen molar-refractivity contribution >= 4 is 20.6 Å². The van der Waals surface area contributed by atoms with Gasteiger partial charge in [0.1, 0.15) is 0 Å². The van der Waals surface area contributed by atoms with Crippen LogP contribution in [-0.4, -0.2) is 13.7 Å². The van der Waals surface area contributed by atoms with Crippen LogP contribution < -0.4 is 0 Å². The molecule has 22 heavy (non-hydrogen) atoms. The van der Waals surface area contributed by atoms with E-state index in [4.69, 9.17) is 0 Å². The zero-order chi connectivity index (χ0) is 15.2. The molecule has 4 rings (SSSR count). The molecule has 0 N–H and O–H groups in total. The lowest BCUT2D eigenvalue weighted by Crippen LogP contribution is -2.09. The van der Waals surface area contributed by atoms with E-state index in [9.17, 15) is 8.42 Å². The molecule has 2 unspecified atom stereocenters. The normalized spacial score (nSPS) is 20.9. The van der Waals surface area contributed by atoms with Crippen LogP contribution in [0, 0.1) is 0 Å². The highest BCUT2D eigenvalue weighted by molar-refractivity contribution is 7.92. The van der Waals surface area contributed by atoms with Crippen molar-refractivity contribution in [2.45, 2.75) is 22.5 Å². The Labute approximate surface area is 130 Å². The van der Waals surface area contributed by atoms with Crippen molar-refractivity contribution in [1.82, 2.24) is 0 Å². The number of sulfone groups is 1. The van der Waals surface area contributed by atoms with Crippen LogP contribution in [-0.2, 0) is 9.84 Å². The van der Waals surface area contributed by atoms with Crippen molar-refractivity contribution in [3.63, 3.8) is 0 Å². The van der Waals surface area contributed by atoms with Crippen LogP contribution in [0.2, 0.25) is 0 Å². The van der Waals surface area contributed by atoms with E-state index in [1.54, 1.807) is 12.1 Å². The molecule has 1 aliphatic rings. The molecular formula is C19H16O2S. The third-order valence-electron chi connectivity index (χ3n) is 4.41. The van der Waals surface area contributed by atoms with Gasteiger partial charge in [-0.15, -0.1) is 0 Å². The van der Waals surface area contributed by atoms with Gasteiger partial charge in [0.05, 0.1) is 10.1 Å². The third kappa shape index (κ3) is 2.22. The van der Waals surface area contributed by atoms with Crippen LogP contribution in [0.5, 0.6) is 0 Å². The van der Waals surface area contributed by atoms with E-state index in [0.29, 0.717) is 4.90 Å². The average Bonchev–Trinajstić information content (AvgIpc) is 3.37. The first-order valence-corrected chi connectivity index (χ1v) is 8.98. The second-order valence-electron chi connectivity index (χ2n) is 5.85. The van der Waals surface area contributed by atoms with Gasteiger partial charge in [-0.3, -0.25) is 0 Å². The number of fused-ring (bicyclic) bond motifs is 1. The first-order valence-electron chi connectivity index (χ1n) is 7.44. The van der Waals surface area contributed by atoms with E-state index in [0.717, 1.165) is 22.8 Å². The van der Waals surface area contributed by atoms with Gasteiger partial charge in [-0.25, -0.2) is 8.42 Å². The maximum Gasteiger partial charge on any atom is 0.181 e. The molecule has 0 aromatic heterocycles. The third-order valence-corrected chi connectivity index (χ3v) is 6.64. The Balaban J connectivity index is 1.69. The summed E-state index contributed by atoms with van der Waals surface area (Å²) in [4.78, 5) is 0.439. The Hall–Kier alpha value is -2.13. The summed E-state index contributed by atoms with van der Waals surface area (Å²) in [6.07, 6.45) is 0.721. The van der Waals surface area contributed by atoms with Crippen molar-refractivity contribution in [2.24, 2.45) is 0 Å². The highest BCUT2D eigenvalue weighted by atomic mass is 32.2. The summed E-state index contributed by atoms with van der Waals surface area (Å²) in [5.74, 6) is 0.137. The minimum atomic E-state index is -3.25. The largest absolute Gasteiger partial charge is 0.223 e. The Bertz CT molecular complexity index is 930. The van der Waals surface area contributed by atoms with E-state index in [-0.39, 0.29) is 11.2 Å². The topological polar surface area (TPSA) is 34.1 Å². The lowest BCUT2D eigenvalue weighted by atomic mass is 10.1. The van der Waals surface area contributed by atoms with Crippen LogP contribution in [0.4, 0.5) is 0 Å². The molecule has 1 aliphatic carbocycles. The highest BCUT2D eigenvalue weighted by Crippen LogP contribution is 2.48. The first-order chi connectivity index (χ1) is 10.7. The Kier molecular flexibility index (Phi) is 3.05. The molecule has 1 saturated carbocycles. The van der Waals surface area contributed by atoms with Crippen molar-refractivity contribution in [3.05, 3.63) is 78.4 Å². The molecular weight excluding hydrogens is 292 g/mol. The molecule has 2 nitrogen and oxygen atoms in total. The van der Waals surface area contributed by atoms with Gasteiger partial charge in [-0.2, -0.15) is 0 Å². The molecule has 0 saturated heterocycles. The molecule has 3 aromatic carbocycles. The van der Waals surface area contributed by atoms with Crippen molar-refractivity contribution < 1.29 is 8.42 Å². The zero-order valence-corrected chi connectivity index (χ0v) is 12.8. The van der Waals surface area contributed by atoms with E-state index in [2.05, 4.69) is 0 Å². The Morgan fingerprint density at radius 2 is 1.45 bits per heavy atom. The van der Waals surface area contributed by atoms with Gasteiger partial charge < -0.3 is 0 Å². The van der Waals surface area contributed by atoms with Gasteiger partial charge >= 0.3 is 0 Å². The predicted octanol–water partition coefficient (Wildman–Crippen LogP) is 4.17. The first kappa shape index (κ1) is 13.5. The molecule has 110 valence electrons. The quantitative estimate of drug-likeness (QED) is 0.728. The Morgan fingerprint density at radius 3 is 2.23 bits per heavy atom. The smallest absolute Gasteiger partial charge is 0.181 e. The molecule has 0 heterocycles. The maximum atomic E-state index is 12.8. The molecule has 3 aromatic rings. The fraction of sp³-hybridized carbons (Fsp3) is 0.158. The molecule has 0 bridgehead atoms. The molecule has 0 radical (unpaired) electrons. The highest BCUT2D eigenvalue weighted by Gasteiger charge is 2.48. The van der Waals surface area contributed by atoms with E-state index >= 15 is 0 Å². The molecule has 0 spiro atoms. The van der Waals surface area contributed by atoms with Gasteiger partial charge in [0.25, 0.3) is 0 Å². The molecule has 0 amide bonds. The average molecular weight is 308 g/mol. The fourth-order valence-electron chi connectivity index (χ4n) is 3.08. The van der Waals surface area contributed by atoms with Gasteiger partial charge in [-0.05, 0) is 34.9 Å².